The van der Waals surface area contributed by atoms with Crippen molar-refractivity contribution in [1.29, 1.82) is 0 Å². The number of likely N-dealkylation sites (N-methyl/N-ethyl adjacent to an activating group) is 1. The molecule has 116 valence electrons. The predicted molar refractivity (Wildman–Crippen MR) is 87.4 cm³/mol. The molecule has 1 unspecified atom stereocenters. The molecular formula is C16H30ClN3. The zero-order valence-electron chi connectivity index (χ0n) is 13.7. The van der Waals surface area contributed by atoms with Gasteiger partial charge in [0, 0.05) is 19.5 Å². The van der Waals surface area contributed by atoms with E-state index in [0.717, 1.165) is 35.3 Å². The average Bonchev–Trinajstić information content (AvgIpc) is 2.64. The summed E-state index contributed by atoms with van der Waals surface area (Å²) in [5.74, 6) is 0.719. The summed E-state index contributed by atoms with van der Waals surface area (Å²) in [6.45, 7) is 9.70. The Bertz CT molecular complexity index is 395. The lowest BCUT2D eigenvalue weighted by Crippen LogP contribution is -2.38. The Morgan fingerprint density at radius 3 is 2.20 bits per heavy atom. The molecule has 1 aromatic heterocycles. The van der Waals surface area contributed by atoms with Gasteiger partial charge >= 0.3 is 0 Å². The average molecular weight is 300 g/mol. The summed E-state index contributed by atoms with van der Waals surface area (Å²) in [5.41, 5.74) is 2.09. The third-order valence-corrected chi connectivity index (χ3v) is 4.52. The van der Waals surface area contributed by atoms with Crippen molar-refractivity contribution in [2.24, 2.45) is 13.0 Å². The number of nitrogens with one attached hydrogen (secondary N) is 1. The van der Waals surface area contributed by atoms with Crippen molar-refractivity contribution in [3.63, 3.8) is 0 Å². The van der Waals surface area contributed by atoms with Gasteiger partial charge in [-0.25, -0.2) is 0 Å². The van der Waals surface area contributed by atoms with E-state index in [0.29, 0.717) is 6.04 Å². The van der Waals surface area contributed by atoms with Crippen molar-refractivity contribution in [2.45, 2.75) is 65.8 Å². The first-order valence-electron chi connectivity index (χ1n) is 7.96. The number of hydrogen-bond acceptors (Lipinski definition) is 2. The van der Waals surface area contributed by atoms with Crippen LogP contribution < -0.4 is 5.32 Å². The van der Waals surface area contributed by atoms with Crippen LogP contribution in [0.5, 0.6) is 0 Å². The SMILES string of the molecule is CCCC(CCC)C(Cc1c(Cl)c(C)nn1C)NCC. The lowest BCUT2D eigenvalue weighted by Gasteiger charge is -2.28. The highest BCUT2D eigenvalue weighted by molar-refractivity contribution is 6.31. The second kappa shape index (κ2) is 8.68. The summed E-state index contributed by atoms with van der Waals surface area (Å²) < 4.78 is 1.94. The van der Waals surface area contributed by atoms with Crippen LogP contribution in [0.15, 0.2) is 0 Å². The van der Waals surface area contributed by atoms with E-state index in [-0.39, 0.29) is 0 Å². The molecule has 1 N–H and O–H groups in total. The third kappa shape index (κ3) is 4.49. The molecular weight excluding hydrogens is 270 g/mol. The quantitative estimate of drug-likeness (QED) is 0.743. The summed E-state index contributed by atoms with van der Waals surface area (Å²) in [6.07, 6.45) is 6.00. The van der Waals surface area contributed by atoms with E-state index in [9.17, 15) is 0 Å². The van der Waals surface area contributed by atoms with Crippen LogP contribution in [0.4, 0.5) is 0 Å². The fraction of sp³-hybridized carbons (Fsp3) is 0.812. The van der Waals surface area contributed by atoms with E-state index in [1.54, 1.807) is 0 Å². The summed E-state index contributed by atoms with van der Waals surface area (Å²) in [4.78, 5) is 0. The lowest BCUT2D eigenvalue weighted by molar-refractivity contribution is 0.308. The maximum atomic E-state index is 6.41. The zero-order chi connectivity index (χ0) is 15.1. The van der Waals surface area contributed by atoms with Gasteiger partial charge in [-0.15, -0.1) is 0 Å². The molecule has 0 amide bonds. The van der Waals surface area contributed by atoms with Gasteiger partial charge in [-0.05, 0) is 32.2 Å². The highest BCUT2D eigenvalue weighted by Crippen LogP contribution is 2.25. The van der Waals surface area contributed by atoms with Gasteiger partial charge in [-0.3, -0.25) is 4.68 Å². The van der Waals surface area contributed by atoms with E-state index >= 15 is 0 Å². The summed E-state index contributed by atoms with van der Waals surface area (Å²) in [7, 11) is 1.99. The minimum Gasteiger partial charge on any atom is -0.314 e. The summed E-state index contributed by atoms with van der Waals surface area (Å²) in [6, 6.07) is 0.493. The van der Waals surface area contributed by atoms with E-state index in [4.69, 9.17) is 11.6 Å². The molecule has 0 aliphatic heterocycles. The van der Waals surface area contributed by atoms with Crippen LogP contribution in [-0.4, -0.2) is 22.4 Å². The second-order valence-corrected chi connectivity index (χ2v) is 6.05. The van der Waals surface area contributed by atoms with E-state index in [1.165, 1.54) is 25.7 Å². The zero-order valence-corrected chi connectivity index (χ0v) is 14.4. The Morgan fingerprint density at radius 1 is 1.20 bits per heavy atom. The number of hydrogen-bond donors (Lipinski definition) is 1. The highest BCUT2D eigenvalue weighted by atomic mass is 35.5. The Hall–Kier alpha value is -0.540. The molecule has 0 aromatic carbocycles. The molecule has 0 saturated carbocycles. The van der Waals surface area contributed by atoms with E-state index in [2.05, 4.69) is 31.2 Å². The monoisotopic (exact) mass is 299 g/mol. The fourth-order valence-corrected chi connectivity index (χ4v) is 3.30. The van der Waals surface area contributed by atoms with Gasteiger partial charge in [0.25, 0.3) is 0 Å². The van der Waals surface area contributed by atoms with Crippen molar-refractivity contribution in [3.8, 4) is 0 Å². The minimum atomic E-state index is 0.493. The molecule has 0 spiro atoms. The van der Waals surface area contributed by atoms with Crippen LogP contribution in [0.1, 0.15) is 57.8 Å². The summed E-state index contributed by atoms with van der Waals surface area (Å²) in [5, 5.41) is 8.93. The number of nitrogens with zero attached hydrogens (tertiary/aromatic N) is 2. The number of aromatic nitrogens is 2. The van der Waals surface area contributed by atoms with Gasteiger partial charge in [0.15, 0.2) is 0 Å². The Labute approximate surface area is 129 Å². The van der Waals surface area contributed by atoms with Crippen LogP contribution in [0, 0.1) is 12.8 Å². The molecule has 20 heavy (non-hydrogen) atoms. The lowest BCUT2D eigenvalue weighted by atomic mass is 9.87. The molecule has 1 aromatic rings. The van der Waals surface area contributed by atoms with E-state index in [1.807, 2.05) is 18.7 Å². The van der Waals surface area contributed by atoms with Crippen molar-refractivity contribution in [1.82, 2.24) is 15.1 Å². The largest absolute Gasteiger partial charge is 0.314 e. The van der Waals surface area contributed by atoms with Gasteiger partial charge in [0.1, 0.15) is 0 Å². The first-order chi connectivity index (χ1) is 9.54. The maximum absolute atomic E-state index is 6.41. The molecule has 1 rings (SSSR count). The van der Waals surface area contributed by atoms with Gasteiger partial charge in [0.2, 0.25) is 0 Å². The highest BCUT2D eigenvalue weighted by Gasteiger charge is 2.23. The number of aryl methyl sites for hydroxylation is 2. The normalized spacial score (nSPS) is 13.2. The maximum Gasteiger partial charge on any atom is 0.0847 e. The third-order valence-electron chi connectivity index (χ3n) is 4.03. The van der Waals surface area contributed by atoms with Crippen LogP contribution in [-0.2, 0) is 13.5 Å². The number of halogens is 1. The van der Waals surface area contributed by atoms with Crippen LogP contribution in [0.3, 0.4) is 0 Å². The van der Waals surface area contributed by atoms with Crippen molar-refractivity contribution >= 4 is 11.6 Å². The standard InChI is InChI=1S/C16H30ClN3/c1-6-9-13(10-7-2)14(18-8-3)11-15-16(17)12(4)19-20(15)5/h13-14,18H,6-11H2,1-5H3. The Morgan fingerprint density at radius 2 is 1.80 bits per heavy atom. The van der Waals surface area contributed by atoms with Gasteiger partial charge in [-0.2, -0.15) is 5.10 Å². The van der Waals surface area contributed by atoms with Gasteiger partial charge < -0.3 is 5.32 Å². The molecule has 0 bridgehead atoms. The smallest absolute Gasteiger partial charge is 0.0847 e. The number of rotatable bonds is 9. The topological polar surface area (TPSA) is 29.9 Å². The van der Waals surface area contributed by atoms with E-state index < -0.39 is 0 Å². The molecule has 1 heterocycles. The van der Waals surface area contributed by atoms with Crippen molar-refractivity contribution in [3.05, 3.63) is 16.4 Å². The molecule has 0 radical (unpaired) electrons. The predicted octanol–water partition coefficient (Wildman–Crippen LogP) is 4.12. The summed E-state index contributed by atoms with van der Waals surface area (Å²) >= 11 is 6.41. The minimum absolute atomic E-state index is 0.493. The van der Waals surface area contributed by atoms with Crippen LogP contribution in [0.2, 0.25) is 5.02 Å². The van der Waals surface area contributed by atoms with Gasteiger partial charge in [-0.1, -0.05) is 45.2 Å². The van der Waals surface area contributed by atoms with Crippen LogP contribution in [0.25, 0.3) is 0 Å². The first-order valence-corrected chi connectivity index (χ1v) is 8.34. The first kappa shape index (κ1) is 17.5. The van der Waals surface area contributed by atoms with Crippen molar-refractivity contribution < 1.29 is 0 Å². The second-order valence-electron chi connectivity index (χ2n) is 5.68. The Balaban J connectivity index is 2.89. The molecule has 0 saturated heterocycles. The molecule has 1 atom stereocenters. The van der Waals surface area contributed by atoms with Gasteiger partial charge in [0.05, 0.1) is 16.4 Å². The Kier molecular flexibility index (Phi) is 7.60. The molecule has 0 fully saturated rings. The molecule has 0 aliphatic rings. The molecule has 3 nitrogen and oxygen atoms in total. The van der Waals surface area contributed by atoms with Crippen LogP contribution >= 0.6 is 11.6 Å². The molecule has 0 aliphatic carbocycles. The molecule has 4 heteroatoms. The fourth-order valence-electron chi connectivity index (χ4n) is 3.07. The van der Waals surface area contributed by atoms with Crippen molar-refractivity contribution in [2.75, 3.05) is 6.54 Å².